The van der Waals surface area contributed by atoms with E-state index in [1.54, 1.807) is 6.08 Å². The van der Waals surface area contributed by atoms with E-state index < -0.39 is 0 Å². The second kappa shape index (κ2) is 4.06. The minimum absolute atomic E-state index is 0.125. The normalized spacial score (nSPS) is 13.2. The van der Waals surface area contributed by atoms with Crippen molar-refractivity contribution in [2.45, 2.75) is 6.04 Å². The molecule has 0 saturated carbocycles. The minimum atomic E-state index is -0.125. The summed E-state index contributed by atoms with van der Waals surface area (Å²) in [6.07, 6.45) is 1.80. The van der Waals surface area contributed by atoms with Crippen LogP contribution < -0.4 is 5.73 Å². The number of nitrogens with two attached hydrogens (primary N) is 1. The lowest BCUT2D eigenvalue weighted by molar-refractivity contribution is 0.926. The Morgan fingerprint density at radius 1 is 0.800 bits per heavy atom. The average molecular weight is 257 g/mol. The van der Waals surface area contributed by atoms with E-state index in [0.717, 1.165) is 5.56 Å². The molecule has 2 N–H and O–H groups in total. The monoisotopic (exact) mass is 257 g/mol. The van der Waals surface area contributed by atoms with E-state index in [-0.39, 0.29) is 6.04 Å². The van der Waals surface area contributed by atoms with Crippen molar-refractivity contribution in [1.82, 2.24) is 0 Å². The van der Waals surface area contributed by atoms with Crippen LogP contribution in [0.15, 0.2) is 67.3 Å². The maximum Gasteiger partial charge on any atom is 0.0484 e. The molecule has 0 aliphatic rings. The zero-order valence-corrected chi connectivity index (χ0v) is 11.1. The van der Waals surface area contributed by atoms with Crippen molar-refractivity contribution in [2.75, 3.05) is 0 Å². The van der Waals surface area contributed by atoms with Crippen molar-refractivity contribution < 1.29 is 0 Å². The summed E-state index contributed by atoms with van der Waals surface area (Å²) in [6.45, 7) is 3.82. The maximum absolute atomic E-state index is 6.17. The Balaban J connectivity index is 2.29. The molecular weight excluding hydrogens is 242 g/mol. The summed E-state index contributed by atoms with van der Waals surface area (Å²) < 4.78 is 0. The Kier molecular flexibility index (Phi) is 2.32. The fraction of sp³-hybridized carbons (Fsp3) is 0.0526. The number of rotatable bonds is 2. The second-order valence-electron chi connectivity index (χ2n) is 5.27. The van der Waals surface area contributed by atoms with Gasteiger partial charge in [-0.15, -0.1) is 6.58 Å². The van der Waals surface area contributed by atoms with Gasteiger partial charge < -0.3 is 5.73 Å². The van der Waals surface area contributed by atoms with Crippen molar-refractivity contribution in [3.05, 3.63) is 72.8 Å². The molecule has 0 fully saturated rings. The Morgan fingerprint density at radius 3 is 2.10 bits per heavy atom. The molecular formula is C19H15N. The van der Waals surface area contributed by atoms with Gasteiger partial charge in [-0.05, 0) is 37.9 Å². The van der Waals surface area contributed by atoms with Crippen LogP contribution in [0.25, 0.3) is 32.3 Å². The highest BCUT2D eigenvalue weighted by molar-refractivity contribution is 6.23. The first-order chi connectivity index (χ1) is 9.79. The van der Waals surface area contributed by atoms with E-state index in [1.165, 1.54) is 32.3 Å². The van der Waals surface area contributed by atoms with Crippen molar-refractivity contribution >= 4 is 32.3 Å². The van der Waals surface area contributed by atoms with E-state index in [4.69, 9.17) is 5.73 Å². The van der Waals surface area contributed by atoms with Gasteiger partial charge in [-0.1, -0.05) is 60.7 Å². The van der Waals surface area contributed by atoms with Gasteiger partial charge in [0.05, 0.1) is 0 Å². The van der Waals surface area contributed by atoms with Crippen molar-refractivity contribution in [3.63, 3.8) is 0 Å². The molecule has 1 nitrogen and oxygen atoms in total. The van der Waals surface area contributed by atoms with E-state index in [2.05, 4.69) is 61.2 Å². The van der Waals surface area contributed by atoms with Crippen LogP contribution in [0, 0.1) is 0 Å². The van der Waals surface area contributed by atoms with E-state index in [1.807, 2.05) is 0 Å². The van der Waals surface area contributed by atoms with Crippen LogP contribution in [-0.2, 0) is 0 Å². The fourth-order valence-corrected chi connectivity index (χ4v) is 3.18. The summed E-state index contributed by atoms with van der Waals surface area (Å²) in [5.41, 5.74) is 7.32. The van der Waals surface area contributed by atoms with Crippen LogP contribution in [-0.4, -0.2) is 0 Å². The van der Waals surface area contributed by atoms with Gasteiger partial charge in [0.2, 0.25) is 0 Å². The summed E-state index contributed by atoms with van der Waals surface area (Å²) in [5.74, 6) is 0. The third-order valence-corrected chi connectivity index (χ3v) is 4.18. The first-order valence-electron chi connectivity index (χ1n) is 6.84. The largest absolute Gasteiger partial charge is 0.321 e. The average Bonchev–Trinajstić information content (AvgIpc) is 2.51. The summed E-state index contributed by atoms with van der Waals surface area (Å²) in [6, 6.07) is 19.3. The molecule has 0 aliphatic carbocycles. The maximum atomic E-state index is 6.17. The summed E-state index contributed by atoms with van der Waals surface area (Å²) >= 11 is 0. The molecule has 4 aromatic carbocycles. The Labute approximate surface area is 117 Å². The predicted molar refractivity (Wildman–Crippen MR) is 87.3 cm³/mol. The Morgan fingerprint density at radius 2 is 1.40 bits per heavy atom. The summed E-state index contributed by atoms with van der Waals surface area (Å²) in [4.78, 5) is 0. The SMILES string of the molecule is C=C[C@H](N)c1ccc2ccc3cccc4ccc1c2c34. The lowest BCUT2D eigenvalue weighted by Crippen LogP contribution is -2.07. The lowest BCUT2D eigenvalue weighted by atomic mass is 9.90. The first kappa shape index (κ1) is 11.4. The van der Waals surface area contributed by atoms with E-state index in [0.29, 0.717) is 0 Å². The molecule has 20 heavy (non-hydrogen) atoms. The molecule has 0 bridgehead atoms. The van der Waals surface area contributed by atoms with Crippen LogP contribution in [0.1, 0.15) is 11.6 Å². The van der Waals surface area contributed by atoms with E-state index in [9.17, 15) is 0 Å². The zero-order chi connectivity index (χ0) is 13.7. The van der Waals surface area contributed by atoms with Gasteiger partial charge in [-0.25, -0.2) is 0 Å². The van der Waals surface area contributed by atoms with Gasteiger partial charge >= 0.3 is 0 Å². The zero-order valence-electron chi connectivity index (χ0n) is 11.1. The molecule has 96 valence electrons. The van der Waals surface area contributed by atoms with Gasteiger partial charge in [0, 0.05) is 6.04 Å². The van der Waals surface area contributed by atoms with Gasteiger partial charge in [0.15, 0.2) is 0 Å². The van der Waals surface area contributed by atoms with Crippen molar-refractivity contribution in [2.24, 2.45) is 5.73 Å². The minimum Gasteiger partial charge on any atom is -0.321 e. The topological polar surface area (TPSA) is 26.0 Å². The van der Waals surface area contributed by atoms with Crippen LogP contribution in [0.4, 0.5) is 0 Å². The third-order valence-electron chi connectivity index (χ3n) is 4.18. The quantitative estimate of drug-likeness (QED) is 0.406. The van der Waals surface area contributed by atoms with Gasteiger partial charge in [0.1, 0.15) is 0 Å². The van der Waals surface area contributed by atoms with Crippen molar-refractivity contribution in [1.29, 1.82) is 0 Å². The molecule has 0 saturated heterocycles. The summed E-state index contributed by atoms with van der Waals surface area (Å²) in [5, 5.41) is 7.72. The van der Waals surface area contributed by atoms with Gasteiger partial charge in [-0.2, -0.15) is 0 Å². The molecule has 1 heteroatoms. The molecule has 0 heterocycles. The molecule has 0 amide bonds. The molecule has 4 rings (SSSR count). The highest BCUT2D eigenvalue weighted by atomic mass is 14.6. The first-order valence-corrected chi connectivity index (χ1v) is 6.84. The number of hydrogen-bond donors (Lipinski definition) is 1. The standard InChI is InChI=1S/C19H15N/c1-2-17(20)15-10-8-14-7-6-12-4-3-5-13-9-11-16(15)19(14)18(12)13/h2-11,17H,1,20H2/t17-/m0/s1. The lowest BCUT2D eigenvalue weighted by Gasteiger charge is -2.15. The second-order valence-corrected chi connectivity index (χ2v) is 5.27. The molecule has 0 spiro atoms. The van der Waals surface area contributed by atoms with E-state index >= 15 is 0 Å². The van der Waals surface area contributed by atoms with Crippen LogP contribution >= 0.6 is 0 Å². The molecule has 0 radical (unpaired) electrons. The molecule has 1 atom stereocenters. The molecule has 0 aromatic heterocycles. The highest BCUT2D eigenvalue weighted by Crippen LogP contribution is 2.37. The Hall–Kier alpha value is -2.38. The van der Waals surface area contributed by atoms with Gasteiger partial charge in [0.25, 0.3) is 0 Å². The summed E-state index contributed by atoms with van der Waals surface area (Å²) in [7, 11) is 0. The molecule has 4 aromatic rings. The molecule has 0 aliphatic heterocycles. The predicted octanol–water partition coefficient (Wildman–Crippen LogP) is 4.77. The van der Waals surface area contributed by atoms with Crippen LogP contribution in [0.2, 0.25) is 0 Å². The Bertz CT molecular complexity index is 921. The van der Waals surface area contributed by atoms with Crippen LogP contribution in [0.5, 0.6) is 0 Å². The highest BCUT2D eigenvalue weighted by Gasteiger charge is 2.12. The van der Waals surface area contributed by atoms with Crippen molar-refractivity contribution in [3.8, 4) is 0 Å². The fourth-order valence-electron chi connectivity index (χ4n) is 3.18. The number of benzene rings is 4. The number of hydrogen-bond acceptors (Lipinski definition) is 1. The smallest absolute Gasteiger partial charge is 0.0484 e. The van der Waals surface area contributed by atoms with Crippen LogP contribution in [0.3, 0.4) is 0 Å². The molecule has 0 unspecified atom stereocenters. The third kappa shape index (κ3) is 1.41. The van der Waals surface area contributed by atoms with Gasteiger partial charge in [-0.3, -0.25) is 0 Å².